The highest BCUT2D eigenvalue weighted by atomic mass is 16.6. The van der Waals surface area contributed by atoms with Crippen molar-refractivity contribution in [1.29, 1.82) is 0 Å². The maximum Gasteiger partial charge on any atom is 0.248 e. The molecule has 2 aromatic rings. The highest BCUT2D eigenvalue weighted by molar-refractivity contribution is 5.82. The predicted octanol–water partition coefficient (Wildman–Crippen LogP) is 3.37. The first kappa shape index (κ1) is 17.9. The Labute approximate surface area is 152 Å². The number of nitro groups is 1. The molecule has 26 heavy (non-hydrogen) atoms. The van der Waals surface area contributed by atoms with E-state index in [0.717, 1.165) is 22.4 Å². The minimum Gasteiger partial charge on any atom is -0.497 e. The Hall–Kier alpha value is -2.89. The summed E-state index contributed by atoms with van der Waals surface area (Å²) in [5, 5.41) is 11.7. The molecule has 1 heterocycles. The second-order valence-electron chi connectivity index (χ2n) is 6.74. The Kier molecular flexibility index (Phi) is 4.93. The van der Waals surface area contributed by atoms with Gasteiger partial charge in [0, 0.05) is 11.5 Å². The van der Waals surface area contributed by atoms with Crippen molar-refractivity contribution in [2.24, 2.45) is 5.92 Å². The zero-order valence-electron chi connectivity index (χ0n) is 15.1. The Balaban J connectivity index is 1.98. The van der Waals surface area contributed by atoms with Gasteiger partial charge in [0.25, 0.3) is 0 Å². The van der Waals surface area contributed by atoms with E-state index in [2.05, 4.69) is 0 Å². The van der Waals surface area contributed by atoms with Crippen LogP contribution in [0.1, 0.15) is 29.7 Å². The molecule has 0 bridgehead atoms. The van der Waals surface area contributed by atoms with Crippen LogP contribution in [0.5, 0.6) is 5.75 Å². The Morgan fingerprint density at radius 2 is 1.88 bits per heavy atom. The van der Waals surface area contributed by atoms with E-state index in [4.69, 9.17) is 4.74 Å². The average molecular weight is 354 g/mol. The van der Waals surface area contributed by atoms with Crippen LogP contribution in [0, 0.1) is 23.0 Å². The van der Waals surface area contributed by atoms with Crippen LogP contribution in [0.4, 0.5) is 0 Å². The van der Waals surface area contributed by atoms with Crippen molar-refractivity contribution in [1.82, 2.24) is 4.90 Å². The van der Waals surface area contributed by atoms with Crippen molar-refractivity contribution < 1.29 is 14.5 Å². The van der Waals surface area contributed by atoms with Gasteiger partial charge < -0.3 is 9.64 Å². The summed E-state index contributed by atoms with van der Waals surface area (Å²) in [6, 6.07) is 13.5. The van der Waals surface area contributed by atoms with Gasteiger partial charge in [0.2, 0.25) is 11.9 Å². The molecule has 1 amide bonds. The number of hydrogen-bond acceptors (Lipinski definition) is 4. The van der Waals surface area contributed by atoms with Gasteiger partial charge in [-0.1, -0.05) is 42.0 Å². The summed E-state index contributed by atoms with van der Waals surface area (Å²) < 4.78 is 5.16. The number of hydrogen-bond donors (Lipinski definition) is 0. The standard InChI is InChI=1S/C20H22N2O4/c1-13-5-4-6-16(11-13)19-18(22(24)25)14(2)20(23)21(19)12-15-7-9-17(26-3)10-8-15/h4-11,14,18-19H,12H2,1-3H3. The zero-order valence-corrected chi connectivity index (χ0v) is 15.1. The van der Waals surface area contributed by atoms with Crippen LogP contribution in [0.2, 0.25) is 0 Å². The minimum atomic E-state index is -0.956. The Morgan fingerprint density at radius 1 is 1.19 bits per heavy atom. The van der Waals surface area contributed by atoms with Gasteiger partial charge in [-0.15, -0.1) is 0 Å². The van der Waals surface area contributed by atoms with Crippen molar-refractivity contribution in [3.05, 3.63) is 75.3 Å². The first-order chi connectivity index (χ1) is 12.4. The largest absolute Gasteiger partial charge is 0.497 e. The van der Waals surface area contributed by atoms with Crippen LogP contribution >= 0.6 is 0 Å². The molecule has 1 fully saturated rings. The SMILES string of the molecule is COc1ccc(CN2C(=O)C(C)C([N+](=O)[O-])C2c2cccc(C)c2)cc1. The molecule has 0 aliphatic carbocycles. The molecule has 0 N–H and O–H groups in total. The number of methoxy groups -OCH3 is 1. The number of ether oxygens (including phenoxy) is 1. The summed E-state index contributed by atoms with van der Waals surface area (Å²) in [5.41, 5.74) is 2.73. The van der Waals surface area contributed by atoms with Crippen LogP contribution in [0.15, 0.2) is 48.5 Å². The molecule has 1 aliphatic rings. The van der Waals surface area contributed by atoms with Gasteiger partial charge in [0.15, 0.2) is 0 Å². The maximum atomic E-state index is 12.8. The molecule has 3 rings (SSSR count). The number of benzene rings is 2. The van der Waals surface area contributed by atoms with E-state index in [1.165, 1.54) is 0 Å². The van der Waals surface area contributed by atoms with E-state index in [-0.39, 0.29) is 10.8 Å². The Bertz CT molecular complexity index is 819. The third kappa shape index (κ3) is 3.27. The minimum absolute atomic E-state index is 0.186. The van der Waals surface area contributed by atoms with Gasteiger partial charge in [-0.25, -0.2) is 0 Å². The van der Waals surface area contributed by atoms with Crippen LogP contribution in [0.25, 0.3) is 0 Å². The molecular weight excluding hydrogens is 332 g/mol. The first-order valence-electron chi connectivity index (χ1n) is 8.56. The van der Waals surface area contributed by atoms with E-state index < -0.39 is 18.0 Å². The molecular formula is C20H22N2O4. The van der Waals surface area contributed by atoms with Gasteiger partial charge in [-0.3, -0.25) is 14.9 Å². The molecule has 0 spiro atoms. The van der Waals surface area contributed by atoms with Crippen molar-refractivity contribution in [2.45, 2.75) is 32.5 Å². The van der Waals surface area contributed by atoms with Crippen LogP contribution in [-0.4, -0.2) is 28.9 Å². The zero-order chi connectivity index (χ0) is 18.8. The Morgan fingerprint density at radius 3 is 2.46 bits per heavy atom. The summed E-state index contributed by atoms with van der Waals surface area (Å²) in [6.45, 7) is 3.92. The van der Waals surface area contributed by atoms with Crippen LogP contribution in [-0.2, 0) is 11.3 Å². The number of carbonyl (C=O) groups excluding carboxylic acids is 1. The van der Waals surface area contributed by atoms with Gasteiger partial charge in [0.1, 0.15) is 17.7 Å². The van der Waals surface area contributed by atoms with Crippen molar-refractivity contribution in [2.75, 3.05) is 7.11 Å². The summed E-state index contributed by atoms with van der Waals surface area (Å²) in [4.78, 5) is 25.8. The van der Waals surface area contributed by atoms with E-state index in [1.54, 1.807) is 18.9 Å². The van der Waals surface area contributed by atoms with Gasteiger partial charge >= 0.3 is 0 Å². The summed E-state index contributed by atoms with van der Waals surface area (Å²) >= 11 is 0. The first-order valence-corrected chi connectivity index (χ1v) is 8.56. The number of carbonyl (C=O) groups is 1. The summed E-state index contributed by atoms with van der Waals surface area (Å²) in [7, 11) is 1.59. The summed E-state index contributed by atoms with van der Waals surface area (Å²) in [6.07, 6.45) is 0. The van der Waals surface area contributed by atoms with Crippen LogP contribution < -0.4 is 4.74 Å². The topological polar surface area (TPSA) is 72.7 Å². The molecule has 0 radical (unpaired) electrons. The molecule has 6 heteroatoms. The van der Waals surface area contributed by atoms with E-state index >= 15 is 0 Å². The second-order valence-corrected chi connectivity index (χ2v) is 6.74. The van der Waals surface area contributed by atoms with Gasteiger partial charge in [-0.2, -0.15) is 0 Å². The fourth-order valence-corrected chi connectivity index (χ4v) is 3.64. The average Bonchev–Trinajstić information content (AvgIpc) is 2.87. The van der Waals surface area contributed by atoms with Crippen molar-refractivity contribution >= 4 is 5.91 Å². The highest BCUT2D eigenvalue weighted by Crippen LogP contribution is 2.39. The quantitative estimate of drug-likeness (QED) is 0.609. The maximum absolute atomic E-state index is 12.8. The molecule has 0 saturated carbocycles. The number of aryl methyl sites for hydroxylation is 1. The summed E-state index contributed by atoms with van der Waals surface area (Å²) in [5.74, 6) is -0.115. The van der Waals surface area contributed by atoms with Gasteiger partial charge in [0.05, 0.1) is 7.11 Å². The highest BCUT2D eigenvalue weighted by Gasteiger charge is 2.53. The molecule has 0 aromatic heterocycles. The van der Waals surface area contributed by atoms with E-state index in [1.807, 2.05) is 55.5 Å². The monoisotopic (exact) mass is 354 g/mol. The molecule has 1 saturated heterocycles. The number of amides is 1. The molecule has 3 unspecified atom stereocenters. The molecule has 6 nitrogen and oxygen atoms in total. The molecule has 2 aromatic carbocycles. The third-order valence-corrected chi connectivity index (χ3v) is 4.98. The van der Waals surface area contributed by atoms with E-state index in [0.29, 0.717) is 6.54 Å². The van der Waals surface area contributed by atoms with Crippen molar-refractivity contribution in [3.8, 4) is 5.75 Å². The number of nitrogens with zero attached hydrogens (tertiary/aromatic N) is 2. The molecule has 1 aliphatic heterocycles. The van der Waals surface area contributed by atoms with Crippen molar-refractivity contribution in [3.63, 3.8) is 0 Å². The second kappa shape index (κ2) is 7.15. The lowest BCUT2D eigenvalue weighted by Crippen LogP contribution is -2.32. The number of likely N-dealkylation sites (tertiary alicyclic amines) is 1. The fourth-order valence-electron chi connectivity index (χ4n) is 3.64. The lowest BCUT2D eigenvalue weighted by atomic mass is 9.94. The smallest absolute Gasteiger partial charge is 0.248 e. The number of rotatable bonds is 5. The molecule has 136 valence electrons. The normalized spacial score (nSPS) is 22.5. The predicted molar refractivity (Wildman–Crippen MR) is 97.4 cm³/mol. The van der Waals surface area contributed by atoms with Crippen LogP contribution in [0.3, 0.4) is 0 Å². The molecule has 3 atom stereocenters. The lowest BCUT2D eigenvalue weighted by Gasteiger charge is -2.26. The third-order valence-electron chi connectivity index (χ3n) is 4.98. The van der Waals surface area contributed by atoms with E-state index in [9.17, 15) is 14.9 Å². The lowest BCUT2D eigenvalue weighted by molar-refractivity contribution is -0.532. The van der Waals surface area contributed by atoms with Gasteiger partial charge in [-0.05, 0) is 37.1 Å². The fraction of sp³-hybridized carbons (Fsp3) is 0.350.